The number of methoxy groups -OCH3 is 1. The number of ether oxygens (including phenoxy) is 2. The van der Waals surface area contributed by atoms with E-state index in [2.05, 4.69) is 38.8 Å². The smallest absolute Gasteiger partial charge is 0.293 e. The second kappa shape index (κ2) is 9.22. The van der Waals surface area contributed by atoms with Crippen LogP contribution >= 0.6 is 11.8 Å². The van der Waals surface area contributed by atoms with Gasteiger partial charge in [0.1, 0.15) is 18.1 Å². The van der Waals surface area contributed by atoms with Crippen LogP contribution in [-0.2, 0) is 4.79 Å². The molecule has 6 nitrogen and oxygen atoms in total. The number of allylic oxidation sites excluding steroid dienone is 1. The number of hydrogen-bond donors (Lipinski definition) is 0. The van der Waals surface area contributed by atoms with Crippen molar-refractivity contribution in [2.75, 3.05) is 32.2 Å². The third kappa shape index (κ3) is 4.57. The number of anilines is 1. The zero-order valence-electron chi connectivity index (χ0n) is 20.5. The molecule has 2 amide bonds. The van der Waals surface area contributed by atoms with Crippen molar-refractivity contribution in [1.82, 2.24) is 4.90 Å². The lowest BCUT2D eigenvalue weighted by Crippen LogP contribution is -2.42. The predicted molar refractivity (Wildman–Crippen MR) is 138 cm³/mol. The largest absolute Gasteiger partial charge is 0.496 e. The SMILES string of the molecule is COc1cc2c(cc1/C=C1/SC(=O)N(CCOc3ccc(C)cc3)C1=O)C(C)=CC(C)(C)N2C. The summed E-state index contributed by atoms with van der Waals surface area (Å²) >= 11 is 0.945. The molecule has 7 heteroatoms. The minimum Gasteiger partial charge on any atom is -0.496 e. The van der Waals surface area contributed by atoms with Gasteiger partial charge in [0.2, 0.25) is 0 Å². The van der Waals surface area contributed by atoms with E-state index in [1.54, 1.807) is 13.2 Å². The summed E-state index contributed by atoms with van der Waals surface area (Å²) in [5.41, 5.74) is 5.11. The molecule has 0 aliphatic carbocycles. The number of imide groups is 1. The first-order valence-electron chi connectivity index (χ1n) is 11.2. The molecule has 0 radical (unpaired) electrons. The van der Waals surface area contributed by atoms with Crippen LogP contribution in [0.4, 0.5) is 10.5 Å². The van der Waals surface area contributed by atoms with Gasteiger partial charge in [-0.15, -0.1) is 0 Å². The Balaban J connectivity index is 1.55. The lowest BCUT2D eigenvalue weighted by molar-refractivity contribution is -0.123. The van der Waals surface area contributed by atoms with Crippen LogP contribution in [0.2, 0.25) is 0 Å². The van der Waals surface area contributed by atoms with E-state index in [1.807, 2.05) is 43.3 Å². The van der Waals surface area contributed by atoms with Crippen molar-refractivity contribution in [3.8, 4) is 11.5 Å². The van der Waals surface area contributed by atoms with Crippen LogP contribution in [0.1, 0.15) is 37.5 Å². The number of nitrogens with zero attached hydrogens (tertiary/aromatic N) is 2. The number of likely N-dealkylation sites (N-methyl/N-ethyl adjacent to an activating group) is 1. The summed E-state index contributed by atoms with van der Waals surface area (Å²) < 4.78 is 11.4. The zero-order chi connectivity index (χ0) is 24.6. The average Bonchev–Trinajstić information content (AvgIpc) is 3.05. The maximum absolute atomic E-state index is 13.0. The Morgan fingerprint density at radius 3 is 2.47 bits per heavy atom. The Morgan fingerprint density at radius 2 is 1.79 bits per heavy atom. The number of benzene rings is 2. The monoisotopic (exact) mass is 478 g/mol. The minimum atomic E-state index is -0.312. The fourth-order valence-corrected chi connectivity index (χ4v) is 5.06. The van der Waals surface area contributed by atoms with Gasteiger partial charge in [-0.25, -0.2) is 0 Å². The summed E-state index contributed by atoms with van der Waals surface area (Å²) in [6.07, 6.45) is 3.98. The summed E-state index contributed by atoms with van der Waals surface area (Å²) in [7, 11) is 3.68. The van der Waals surface area contributed by atoms with Crippen LogP contribution in [0, 0.1) is 6.92 Å². The molecule has 178 valence electrons. The molecule has 0 atom stereocenters. The Bertz CT molecular complexity index is 1200. The van der Waals surface area contributed by atoms with Crippen LogP contribution in [-0.4, -0.2) is 48.9 Å². The number of fused-ring (bicyclic) bond motifs is 1. The first kappa shape index (κ1) is 24.0. The molecule has 2 aromatic rings. The highest BCUT2D eigenvalue weighted by Crippen LogP contribution is 2.42. The van der Waals surface area contributed by atoms with Crippen LogP contribution in [0.15, 0.2) is 47.4 Å². The fraction of sp³-hybridized carbons (Fsp3) is 0.333. The minimum absolute atomic E-state index is 0.118. The average molecular weight is 479 g/mol. The van der Waals surface area contributed by atoms with Gasteiger partial charge in [0.05, 0.1) is 24.1 Å². The molecule has 0 aromatic heterocycles. The van der Waals surface area contributed by atoms with Crippen molar-refractivity contribution in [3.05, 3.63) is 64.1 Å². The molecule has 0 N–H and O–H groups in total. The van der Waals surface area contributed by atoms with Crippen molar-refractivity contribution < 1.29 is 19.1 Å². The van der Waals surface area contributed by atoms with E-state index in [0.29, 0.717) is 16.4 Å². The van der Waals surface area contributed by atoms with Crippen molar-refractivity contribution >= 4 is 40.2 Å². The van der Waals surface area contributed by atoms with Gasteiger partial charge in [0, 0.05) is 29.9 Å². The topological polar surface area (TPSA) is 59.1 Å². The lowest BCUT2D eigenvalue weighted by Gasteiger charge is -2.41. The van der Waals surface area contributed by atoms with Crippen LogP contribution in [0.3, 0.4) is 0 Å². The van der Waals surface area contributed by atoms with E-state index >= 15 is 0 Å². The number of thioether (sulfide) groups is 1. The van der Waals surface area contributed by atoms with Crippen molar-refractivity contribution in [1.29, 1.82) is 0 Å². The van der Waals surface area contributed by atoms with Gasteiger partial charge < -0.3 is 14.4 Å². The van der Waals surface area contributed by atoms with Gasteiger partial charge in [0.15, 0.2) is 0 Å². The molecule has 0 saturated carbocycles. The van der Waals surface area contributed by atoms with E-state index in [9.17, 15) is 9.59 Å². The second-order valence-corrected chi connectivity index (χ2v) is 10.1. The summed E-state index contributed by atoms with van der Waals surface area (Å²) in [5, 5.41) is -0.293. The zero-order valence-corrected chi connectivity index (χ0v) is 21.3. The van der Waals surface area contributed by atoms with Crippen molar-refractivity contribution in [2.45, 2.75) is 33.2 Å². The van der Waals surface area contributed by atoms with E-state index in [1.165, 1.54) is 4.90 Å². The number of carbonyl (C=O) groups excluding carboxylic acids is 2. The fourth-order valence-electron chi connectivity index (χ4n) is 4.21. The molecule has 0 unspecified atom stereocenters. The highest BCUT2D eigenvalue weighted by Gasteiger charge is 2.35. The number of amides is 2. The normalized spacial score (nSPS) is 18.3. The molecule has 0 bridgehead atoms. The van der Waals surface area contributed by atoms with E-state index < -0.39 is 0 Å². The predicted octanol–water partition coefficient (Wildman–Crippen LogP) is 5.75. The molecule has 34 heavy (non-hydrogen) atoms. The maximum Gasteiger partial charge on any atom is 0.293 e. The first-order valence-corrected chi connectivity index (χ1v) is 12.0. The van der Waals surface area contributed by atoms with E-state index in [4.69, 9.17) is 9.47 Å². The van der Waals surface area contributed by atoms with Crippen LogP contribution in [0.25, 0.3) is 11.6 Å². The van der Waals surface area contributed by atoms with Crippen LogP contribution in [0.5, 0.6) is 11.5 Å². The van der Waals surface area contributed by atoms with Gasteiger partial charge in [0.25, 0.3) is 11.1 Å². The Kier molecular flexibility index (Phi) is 6.49. The summed E-state index contributed by atoms with van der Waals surface area (Å²) in [6.45, 7) is 8.86. The van der Waals surface area contributed by atoms with Crippen LogP contribution < -0.4 is 14.4 Å². The Hall–Kier alpha value is -3.19. The molecular formula is C27H30N2O4S. The van der Waals surface area contributed by atoms with Gasteiger partial charge >= 0.3 is 0 Å². The van der Waals surface area contributed by atoms with Gasteiger partial charge in [-0.2, -0.15) is 0 Å². The number of hydrogen-bond acceptors (Lipinski definition) is 6. The summed E-state index contributed by atoms with van der Waals surface area (Å²) in [6, 6.07) is 11.7. The molecule has 1 saturated heterocycles. The highest BCUT2D eigenvalue weighted by molar-refractivity contribution is 8.18. The Labute approximate surface area is 205 Å². The molecule has 2 aliphatic heterocycles. The van der Waals surface area contributed by atoms with Gasteiger partial charge in [-0.05, 0) is 69.3 Å². The summed E-state index contributed by atoms with van der Waals surface area (Å²) in [5.74, 6) is 1.06. The number of rotatable bonds is 6. The second-order valence-electron chi connectivity index (χ2n) is 9.15. The molecule has 4 rings (SSSR count). The molecule has 0 spiro atoms. The van der Waals surface area contributed by atoms with E-state index in [0.717, 1.165) is 39.7 Å². The molecule has 2 heterocycles. The molecule has 2 aromatic carbocycles. The summed E-state index contributed by atoms with van der Waals surface area (Å²) in [4.78, 5) is 29.4. The third-order valence-electron chi connectivity index (χ3n) is 6.33. The van der Waals surface area contributed by atoms with Gasteiger partial charge in [-0.1, -0.05) is 23.8 Å². The Morgan fingerprint density at radius 1 is 1.09 bits per heavy atom. The van der Waals surface area contributed by atoms with Crippen molar-refractivity contribution in [2.24, 2.45) is 0 Å². The van der Waals surface area contributed by atoms with Crippen molar-refractivity contribution in [3.63, 3.8) is 0 Å². The highest BCUT2D eigenvalue weighted by atomic mass is 32.2. The molecule has 2 aliphatic rings. The van der Waals surface area contributed by atoms with E-state index in [-0.39, 0.29) is 29.8 Å². The third-order valence-corrected chi connectivity index (χ3v) is 7.24. The molecule has 1 fully saturated rings. The molecular weight excluding hydrogens is 448 g/mol. The standard InChI is InChI=1S/C27H30N2O4S/c1-17-7-9-20(10-8-17)33-12-11-29-25(30)24(34-26(29)31)14-19-13-21-18(2)16-27(3,4)28(5)22(21)15-23(19)32-6/h7-10,13-16H,11-12H2,1-6H3/b24-14+. The number of carbonyl (C=O) groups is 2. The number of aryl methyl sites for hydroxylation is 1. The lowest BCUT2D eigenvalue weighted by atomic mass is 9.88. The maximum atomic E-state index is 13.0. The van der Waals surface area contributed by atoms with Gasteiger partial charge in [-0.3, -0.25) is 14.5 Å². The quantitative estimate of drug-likeness (QED) is 0.493. The first-order chi connectivity index (χ1) is 16.1.